The molecule has 6 nitrogen and oxygen atoms in total. The van der Waals surface area contributed by atoms with Crippen LogP contribution in [0.5, 0.6) is 0 Å². The van der Waals surface area contributed by atoms with Crippen LogP contribution >= 0.6 is 24.0 Å². The van der Waals surface area contributed by atoms with E-state index in [-0.39, 0.29) is 41.8 Å². The lowest BCUT2D eigenvalue weighted by Gasteiger charge is -2.24. The third-order valence-corrected chi connectivity index (χ3v) is 5.25. The van der Waals surface area contributed by atoms with E-state index in [1.807, 2.05) is 19.1 Å². The molecule has 0 atom stereocenters. The minimum atomic E-state index is -3.31. The van der Waals surface area contributed by atoms with E-state index >= 15 is 0 Å². The zero-order valence-corrected chi connectivity index (χ0v) is 19.4. The molecule has 1 aromatic rings. The van der Waals surface area contributed by atoms with Gasteiger partial charge in [-0.25, -0.2) is 17.5 Å². The van der Waals surface area contributed by atoms with E-state index in [9.17, 15) is 12.8 Å². The second kappa shape index (κ2) is 9.51. The number of hydrogen-bond donors (Lipinski definition) is 3. The molecule has 1 aromatic carbocycles. The molecule has 0 heterocycles. The first kappa shape index (κ1) is 24.1. The van der Waals surface area contributed by atoms with Gasteiger partial charge in [-0.2, -0.15) is 0 Å². The van der Waals surface area contributed by atoms with E-state index in [1.165, 1.54) is 6.07 Å². The molecule has 0 amide bonds. The van der Waals surface area contributed by atoms with Gasteiger partial charge in [0.1, 0.15) is 5.82 Å². The van der Waals surface area contributed by atoms with Crippen molar-refractivity contribution >= 4 is 40.0 Å². The van der Waals surface area contributed by atoms with Crippen LogP contribution in [0.3, 0.4) is 0 Å². The zero-order chi connectivity index (χ0) is 19.4. The molecule has 0 aliphatic heterocycles. The van der Waals surface area contributed by atoms with E-state index < -0.39 is 15.6 Å². The summed E-state index contributed by atoms with van der Waals surface area (Å²) in [5.41, 5.74) is -0.150. The van der Waals surface area contributed by atoms with Gasteiger partial charge in [0.15, 0.2) is 5.96 Å². The van der Waals surface area contributed by atoms with Crippen LogP contribution in [-0.4, -0.2) is 45.8 Å². The van der Waals surface area contributed by atoms with Gasteiger partial charge in [0.05, 0.1) is 12.8 Å². The SMILES string of the molecule is CCNC(=NCC(C)(C)NS(C)(=O)=O)NCC1(c2ccccc2F)CC1.I. The fourth-order valence-corrected chi connectivity index (χ4v) is 4.06. The highest BCUT2D eigenvalue weighted by Crippen LogP contribution is 2.48. The number of nitrogens with one attached hydrogen (secondary N) is 3. The maximum absolute atomic E-state index is 14.1. The maximum Gasteiger partial charge on any atom is 0.209 e. The molecule has 1 saturated carbocycles. The standard InChI is InChI=1S/C18H29FN4O2S.HI/c1-5-20-16(21-12-17(2,3)23-26(4,24)25)22-13-18(10-11-18)14-8-6-7-9-15(14)19;/h6-9,23H,5,10-13H2,1-4H3,(H2,20,21,22);1H. The van der Waals surface area contributed by atoms with Crippen LogP contribution in [0.2, 0.25) is 0 Å². The number of nitrogens with zero attached hydrogens (tertiary/aromatic N) is 1. The molecule has 1 fully saturated rings. The summed E-state index contributed by atoms with van der Waals surface area (Å²) < 4.78 is 39.6. The molecule has 154 valence electrons. The van der Waals surface area contributed by atoms with Crippen LogP contribution in [0.15, 0.2) is 29.3 Å². The summed E-state index contributed by atoms with van der Waals surface area (Å²) in [7, 11) is -3.31. The Hall–Kier alpha value is -0.940. The highest BCUT2D eigenvalue weighted by molar-refractivity contribution is 14.0. The van der Waals surface area contributed by atoms with Crippen molar-refractivity contribution in [1.29, 1.82) is 0 Å². The lowest BCUT2D eigenvalue weighted by atomic mass is 9.95. The van der Waals surface area contributed by atoms with Crippen molar-refractivity contribution in [2.45, 2.75) is 44.6 Å². The summed E-state index contributed by atoms with van der Waals surface area (Å²) in [6, 6.07) is 6.89. The molecule has 3 N–H and O–H groups in total. The van der Waals surface area contributed by atoms with Crippen molar-refractivity contribution in [2.75, 3.05) is 25.9 Å². The third kappa shape index (κ3) is 7.53. The first-order valence-corrected chi connectivity index (χ1v) is 10.7. The molecule has 9 heteroatoms. The fraction of sp³-hybridized carbons (Fsp3) is 0.611. The van der Waals surface area contributed by atoms with Gasteiger partial charge < -0.3 is 10.6 Å². The van der Waals surface area contributed by atoms with E-state index in [1.54, 1.807) is 19.9 Å². The first-order valence-electron chi connectivity index (χ1n) is 8.83. The van der Waals surface area contributed by atoms with Gasteiger partial charge in [-0.05, 0) is 45.2 Å². The van der Waals surface area contributed by atoms with Crippen molar-refractivity contribution in [1.82, 2.24) is 15.4 Å². The highest BCUT2D eigenvalue weighted by atomic mass is 127. The molecular weight excluding hydrogens is 482 g/mol. The molecule has 1 aliphatic carbocycles. The summed E-state index contributed by atoms with van der Waals surface area (Å²) in [5, 5.41) is 6.43. The molecule has 2 rings (SSSR count). The molecule has 0 spiro atoms. The van der Waals surface area contributed by atoms with Crippen LogP contribution < -0.4 is 15.4 Å². The van der Waals surface area contributed by atoms with Gasteiger partial charge in [-0.15, -0.1) is 24.0 Å². The minimum absolute atomic E-state index is 0. The number of hydrogen-bond acceptors (Lipinski definition) is 3. The van der Waals surface area contributed by atoms with E-state index in [0.717, 1.165) is 24.7 Å². The van der Waals surface area contributed by atoms with Crippen molar-refractivity contribution in [3.05, 3.63) is 35.6 Å². The second-order valence-corrected chi connectivity index (χ2v) is 9.32. The summed E-state index contributed by atoms with van der Waals surface area (Å²) in [6.07, 6.45) is 3.00. The van der Waals surface area contributed by atoms with Crippen LogP contribution in [0.1, 0.15) is 39.2 Å². The molecule has 0 aromatic heterocycles. The van der Waals surface area contributed by atoms with Crippen LogP contribution in [-0.2, 0) is 15.4 Å². The summed E-state index contributed by atoms with van der Waals surface area (Å²) in [5.74, 6) is 0.422. The topological polar surface area (TPSA) is 82.6 Å². The van der Waals surface area contributed by atoms with Crippen molar-refractivity contribution in [2.24, 2.45) is 4.99 Å². The Bertz CT molecular complexity index is 764. The summed E-state index contributed by atoms with van der Waals surface area (Å²) >= 11 is 0. The number of benzene rings is 1. The summed E-state index contributed by atoms with van der Waals surface area (Å²) in [6.45, 7) is 7.06. The second-order valence-electron chi connectivity index (χ2n) is 7.57. The molecule has 0 radical (unpaired) electrons. The Morgan fingerprint density at radius 2 is 1.89 bits per heavy atom. The number of aliphatic imine (C=N–C) groups is 1. The quantitative estimate of drug-likeness (QED) is 0.284. The van der Waals surface area contributed by atoms with Crippen molar-refractivity contribution in [3.8, 4) is 0 Å². The zero-order valence-electron chi connectivity index (χ0n) is 16.3. The average molecular weight is 512 g/mol. The molecule has 1 aliphatic rings. The van der Waals surface area contributed by atoms with Gasteiger partial charge >= 0.3 is 0 Å². The number of guanidine groups is 1. The Labute approximate surface area is 178 Å². The molecule has 0 saturated heterocycles. The third-order valence-electron chi connectivity index (χ3n) is 4.33. The lowest BCUT2D eigenvalue weighted by Crippen LogP contribution is -2.47. The Kier molecular flexibility index (Phi) is 8.49. The normalized spacial score (nSPS) is 16.4. The van der Waals surface area contributed by atoms with E-state index in [0.29, 0.717) is 19.0 Å². The first-order chi connectivity index (χ1) is 12.1. The fourth-order valence-electron chi connectivity index (χ4n) is 2.99. The van der Waals surface area contributed by atoms with Gasteiger partial charge in [0.25, 0.3) is 0 Å². The van der Waals surface area contributed by atoms with Gasteiger partial charge in [-0.1, -0.05) is 18.2 Å². The Balaban J connectivity index is 0.00000364. The molecule has 0 bridgehead atoms. The van der Waals surface area contributed by atoms with Crippen LogP contribution in [0.4, 0.5) is 4.39 Å². The number of halogens is 2. The van der Waals surface area contributed by atoms with Crippen molar-refractivity contribution in [3.63, 3.8) is 0 Å². The lowest BCUT2D eigenvalue weighted by molar-refractivity contribution is 0.464. The average Bonchev–Trinajstić information content (AvgIpc) is 3.29. The number of sulfonamides is 1. The number of rotatable bonds is 8. The van der Waals surface area contributed by atoms with Crippen LogP contribution in [0.25, 0.3) is 0 Å². The smallest absolute Gasteiger partial charge is 0.209 e. The van der Waals surface area contributed by atoms with Gasteiger partial charge in [0.2, 0.25) is 10.0 Å². The summed E-state index contributed by atoms with van der Waals surface area (Å²) in [4.78, 5) is 4.49. The molecule has 0 unspecified atom stereocenters. The monoisotopic (exact) mass is 512 g/mol. The van der Waals surface area contributed by atoms with E-state index in [2.05, 4.69) is 20.3 Å². The van der Waals surface area contributed by atoms with Gasteiger partial charge in [0, 0.05) is 24.0 Å². The highest BCUT2D eigenvalue weighted by Gasteiger charge is 2.45. The Morgan fingerprint density at radius 1 is 1.26 bits per heavy atom. The molecule has 27 heavy (non-hydrogen) atoms. The largest absolute Gasteiger partial charge is 0.357 e. The predicted octanol–water partition coefficient (Wildman–Crippen LogP) is 2.36. The molecular formula is C18H30FIN4O2S. The van der Waals surface area contributed by atoms with Crippen LogP contribution in [0, 0.1) is 5.82 Å². The maximum atomic E-state index is 14.1. The Morgan fingerprint density at radius 3 is 2.41 bits per heavy atom. The minimum Gasteiger partial charge on any atom is -0.357 e. The predicted molar refractivity (Wildman–Crippen MR) is 119 cm³/mol. The van der Waals surface area contributed by atoms with Gasteiger partial charge in [-0.3, -0.25) is 4.99 Å². The van der Waals surface area contributed by atoms with E-state index in [4.69, 9.17) is 0 Å². The van der Waals surface area contributed by atoms with Crippen molar-refractivity contribution < 1.29 is 12.8 Å².